The van der Waals surface area contributed by atoms with Gasteiger partial charge < -0.3 is 10.6 Å². The van der Waals surface area contributed by atoms with E-state index in [0.29, 0.717) is 23.0 Å². The molecule has 0 spiro atoms. The summed E-state index contributed by atoms with van der Waals surface area (Å²) < 4.78 is 1.83. The molecule has 0 aliphatic rings. The van der Waals surface area contributed by atoms with Gasteiger partial charge in [-0.25, -0.2) is 0 Å². The molecule has 0 fully saturated rings. The van der Waals surface area contributed by atoms with Crippen molar-refractivity contribution in [2.45, 2.75) is 19.0 Å². The van der Waals surface area contributed by atoms with Crippen molar-refractivity contribution in [3.05, 3.63) is 66.0 Å². The lowest BCUT2D eigenvalue weighted by molar-refractivity contribution is -0.113. The number of carbonyl (C=O) groups excluding carboxylic acids is 2. The molecule has 28 heavy (non-hydrogen) atoms. The molecule has 0 bridgehead atoms. The van der Waals surface area contributed by atoms with Gasteiger partial charge in [0.15, 0.2) is 5.16 Å². The fourth-order valence-corrected chi connectivity index (χ4v) is 3.30. The summed E-state index contributed by atoms with van der Waals surface area (Å²) in [7, 11) is 0. The number of benzene rings is 2. The molecule has 7 nitrogen and oxygen atoms in total. The molecule has 2 amide bonds. The maximum atomic E-state index is 12.4. The van der Waals surface area contributed by atoms with Crippen LogP contribution in [0, 0.1) is 6.92 Å². The van der Waals surface area contributed by atoms with Crippen molar-refractivity contribution in [1.29, 1.82) is 0 Å². The highest BCUT2D eigenvalue weighted by Gasteiger charge is 2.14. The Morgan fingerprint density at radius 3 is 2.61 bits per heavy atom. The van der Waals surface area contributed by atoms with Gasteiger partial charge in [-0.05, 0) is 38.1 Å². The van der Waals surface area contributed by atoms with Crippen LogP contribution in [0.5, 0.6) is 0 Å². The summed E-state index contributed by atoms with van der Waals surface area (Å²) in [6.07, 6.45) is 1.62. The molecule has 1 heterocycles. The van der Waals surface area contributed by atoms with Gasteiger partial charge in [0.2, 0.25) is 5.91 Å². The Balaban J connectivity index is 1.66. The van der Waals surface area contributed by atoms with Gasteiger partial charge in [-0.1, -0.05) is 41.6 Å². The van der Waals surface area contributed by atoms with Crippen LogP contribution in [0.15, 0.2) is 60.0 Å². The normalized spacial score (nSPS) is 10.5. The zero-order chi connectivity index (χ0) is 19.9. The number of carbonyl (C=O) groups is 2. The SMILES string of the molecule is CCNC(=O)c1ccccc1NC(=O)CSc1nncn1-c1ccc(C)cc1. The highest BCUT2D eigenvalue weighted by atomic mass is 32.2. The molecule has 3 rings (SSSR count). The summed E-state index contributed by atoms with van der Waals surface area (Å²) in [4.78, 5) is 24.5. The number of amides is 2. The van der Waals surface area contributed by atoms with Gasteiger partial charge in [0, 0.05) is 12.2 Å². The van der Waals surface area contributed by atoms with Crippen molar-refractivity contribution in [2.75, 3.05) is 17.6 Å². The highest BCUT2D eigenvalue weighted by molar-refractivity contribution is 7.99. The molecule has 0 aliphatic carbocycles. The number of hydrogen-bond acceptors (Lipinski definition) is 5. The zero-order valence-corrected chi connectivity index (χ0v) is 16.5. The number of aryl methyl sites for hydroxylation is 1. The second kappa shape index (κ2) is 9.18. The molecule has 3 aromatic rings. The minimum atomic E-state index is -0.222. The topological polar surface area (TPSA) is 88.9 Å². The predicted octanol–water partition coefficient (Wildman–Crippen LogP) is 3.06. The summed E-state index contributed by atoms with van der Waals surface area (Å²) in [5.41, 5.74) is 3.01. The van der Waals surface area contributed by atoms with E-state index < -0.39 is 0 Å². The summed E-state index contributed by atoms with van der Waals surface area (Å²) >= 11 is 1.28. The molecule has 1 aromatic heterocycles. The quantitative estimate of drug-likeness (QED) is 0.600. The van der Waals surface area contributed by atoms with Gasteiger partial charge in [0.25, 0.3) is 5.91 Å². The highest BCUT2D eigenvalue weighted by Crippen LogP contribution is 2.21. The Bertz CT molecular complexity index is 969. The third-order valence-electron chi connectivity index (χ3n) is 3.94. The van der Waals surface area contributed by atoms with E-state index in [-0.39, 0.29) is 17.6 Å². The number of aromatic nitrogens is 3. The van der Waals surface area contributed by atoms with Crippen molar-refractivity contribution < 1.29 is 9.59 Å². The Hall–Kier alpha value is -3.13. The fourth-order valence-electron chi connectivity index (χ4n) is 2.57. The molecule has 2 aromatic carbocycles. The summed E-state index contributed by atoms with van der Waals surface area (Å²) in [6.45, 7) is 4.39. The predicted molar refractivity (Wildman–Crippen MR) is 110 cm³/mol. The number of anilines is 1. The van der Waals surface area contributed by atoms with E-state index in [1.54, 1.807) is 30.6 Å². The van der Waals surface area contributed by atoms with Crippen LogP contribution in [0.3, 0.4) is 0 Å². The maximum absolute atomic E-state index is 12.4. The van der Waals surface area contributed by atoms with E-state index in [1.165, 1.54) is 11.8 Å². The van der Waals surface area contributed by atoms with Gasteiger partial charge in [0.1, 0.15) is 6.33 Å². The lowest BCUT2D eigenvalue weighted by Crippen LogP contribution is -2.25. The Morgan fingerprint density at radius 1 is 1.11 bits per heavy atom. The number of thioether (sulfide) groups is 1. The van der Waals surface area contributed by atoms with E-state index >= 15 is 0 Å². The first-order valence-corrected chi connectivity index (χ1v) is 9.84. The number of hydrogen-bond donors (Lipinski definition) is 2. The second-order valence-electron chi connectivity index (χ2n) is 6.06. The molecular formula is C20H21N5O2S. The first-order chi connectivity index (χ1) is 13.6. The number of rotatable bonds is 7. The Kier molecular flexibility index (Phi) is 6.44. The van der Waals surface area contributed by atoms with E-state index in [2.05, 4.69) is 20.8 Å². The van der Waals surface area contributed by atoms with Crippen LogP contribution in [0.2, 0.25) is 0 Å². The van der Waals surface area contributed by atoms with Gasteiger partial charge in [-0.15, -0.1) is 10.2 Å². The number of nitrogens with one attached hydrogen (secondary N) is 2. The molecule has 2 N–H and O–H groups in total. The van der Waals surface area contributed by atoms with Crippen molar-refractivity contribution in [3.63, 3.8) is 0 Å². The van der Waals surface area contributed by atoms with Crippen LogP contribution < -0.4 is 10.6 Å². The van der Waals surface area contributed by atoms with Gasteiger partial charge >= 0.3 is 0 Å². The van der Waals surface area contributed by atoms with Crippen LogP contribution in [-0.2, 0) is 4.79 Å². The standard InChI is InChI=1S/C20H21N5O2S/c1-3-21-19(27)16-6-4-5-7-17(16)23-18(26)12-28-20-24-22-13-25(20)15-10-8-14(2)9-11-15/h4-11,13H,3,12H2,1-2H3,(H,21,27)(H,23,26). The summed E-state index contributed by atoms with van der Waals surface area (Å²) in [5.74, 6) is -0.292. The molecule has 0 saturated carbocycles. The minimum absolute atomic E-state index is 0.147. The van der Waals surface area contributed by atoms with Crippen LogP contribution in [-0.4, -0.2) is 38.9 Å². The van der Waals surface area contributed by atoms with E-state index in [1.807, 2.05) is 42.7 Å². The fraction of sp³-hybridized carbons (Fsp3) is 0.200. The molecular weight excluding hydrogens is 374 g/mol. The summed E-state index contributed by atoms with van der Waals surface area (Å²) in [6, 6.07) is 14.9. The van der Waals surface area contributed by atoms with Crippen LogP contribution in [0.25, 0.3) is 5.69 Å². The van der Waals surface area contributed by atoms with Crippen molar-refractivity contribution >= 4 is 29.3 Å². The lowest BCUT2D eigenvalue weighted by atomic mass is 10.1. The molecule has 0 atom stereocenters. The monoisotopic (exact) mass is 395 g/mol. The number of para-hydroxylation sites is 1. The second-order valence-corrected chi connectivity index (χ2v) is 7.00. The van der Waals surface area contributed by atoms with Crippen molar-refractivity contribution in [2.24, 2.45) is 0 Å². The largest absolute Gasteiger partial charge is 0.352 e. The smallest absolute Gasteiger partial charge is 0.253 e. The third-order valence-corrected chi connectivity index (χ3v) is 4.89. The number of nitrogens with zero attached hydrogens (tertiary/aromatic N) is 3. The maximum Gasteiger partial charge on any atom is 0.253 e. The first-order valence-electron chi connectivity index (χ1n) is 8.85. The molecule has 0 unspecified atom stereocenters. The average molecular weight is 395 g/mol. The average Bonchev–Trinajstić information content (AvgIpc) is 3.16. The minimum Gasteiger partial charge on any atom is -0.352 e. The van der Waals surface area contributed by atoms with Gasteiger partial charge in [0.05, 0.1) is 17.0 Å². The van der Waals surface area contributed by atoms with Crippen LogP contribution in [0.4, 0.5) is 5.69 Å². The van der Waals surface area contributed by atoms with E-state index in [0.717, 1.165) is 11.3 Å². The van der Waals surface area contributed by atoms with E-state index in [4.69, 9.17) is 0 Å². The molecule has 144 valence electrons. The molecule has 0 aliphatic heterocycles. The van der Waals surface area contributed by atoms with E-state index in [9.17, 15) is 9.59 Å². The lowest BCUT2D eigenvalue weighted by Gasteiger charge is -2.11. The van der Waals surface area contributed by atoms with Crippen molar-refractivity contribution in [3.8, 4) is 5.69 Å². The molecule has 0 radical (unpaired) electrons. The van der Waals surface area contributed by atoms with Crippen molar-refractivity contribution in [1.82, 2.24) is 20.1 Å². The first kappa shape index (κ1) is 19.6. The van der Waals surface area contributed by atoms with Gasteiger partial charge in [-0.2, -0.15) is 0 Å². The Morgan fingerprint density at radius 2 is 1.86 bits per heavy atom. The Labute approximate surface area is 167 Å². The van der Waals surface area contributed by atoms with Crippen LogP contribution >= 0.6 is 11.8 Å². The summed E-state index contributed by atoms with van der Waals surface area (Å²) in [5, 5.41) is 14.2. The third kappa shape index (κ3) is 4.77. The molecule has 0 saturated heterocycles. The van der Waals surface area contributed by atoms with Crippen LogP contribution in [0.1, 0.15) is 22.8 Å². The van der Waals surface area contributed by atoms with Gasteiger partial charge in [-0.3, -0.25) is 14.2 Å². The zero-order valence-electron chi connectivity index (χ0n) is 15.7. The molecule has 8 heteroatoms.